The second-order valence-electron chi connectivity index (χ2n) is 5.73. The quantitative estimate of drug-likeness (QED) is 0.894. The monoisotopic (exact) mass is 347 g/mol. The van der Waals surface area contributed by atoms with E-state index in [1.807, 2.05) is 6.07 Å². The highest BCUT2D eigenvalue weighted by Gasteiger charge is 2.26. The van der Waals surface area contributed by atoms with Crippen LogP contribution < -0.4 is 10.2 Å². The highest BCUT2D eigenvalue weighted by molar-refractivity contribution is 6.32. The van der Waals surface area contributed by atoms with Crippen LogP contribution in [0.2, 0.25) is 5.15 Å². The molecule has 0 bridgehead atoms. The summed E-state index contributed by atoms with van der Waals surface area (Å²) in [7, 11) is 1.66. The molecule has 1 aliphatic rings. The number of rotatable bonds is 5. The molecule has 1 aliphatic heterocycles. The van der Waals surface area contributed by atoms with E-state index in [4.69, 9.17) is 11.6 Å². The number of anilines is 1. The Labute approximate surface area is 144 Å². The van der Waals surface area contributed by atoms with Gasteiger partial charge in [-0.05, 0) is 25.0 Å². The van der Waals surface area contributed by atoms with E-state index >= 15 is 0 Å². The van der Waals surface area contributed by atoms with E-state index in [-0.39, 0.29) is 22.9 Å². The average molecular weight is 348 g/mol. The van der Waals surface area contributed by atoms with Crippen molar-refractivity contribution < 1.29 is 9.59 Å². The van der Waals surface area contributed by atoms with Crippen LogP contribution in [0.1, 0.15) is 19.3 Å². The molecule has 2 aromatic heterocycles. The molecular weight excluding hydrogens is 330 g/mol. The molecular formula is C16H18ClN5O2. The molecule has 8 heteroatoms. The number of amides is 2. The van der Waals surface area contributed by atoms with Crippen LogP contribution in [-0.2, 0) is 9.59 Å². The van der Waals surface area contributed by atoms with E-state index in [0.717, 1.165) is 12.1 Å². The van der Waals surface area contributed by atoms with Gasteiger partial charge in [-0.25, -0.2) is 4.68 Å². The molecule has 2 amide bonds. The van der Waals surface area contributed by atoms with E-state index in [0.29, 0.717) is 25.1 Å². The predicted molar refractivity (Wildman–Crippen MR) is 90.1 cm³/mol. The van der Waals surface area contributed by atoms with E-state index < -0.39 is 0 Å². The van der Waals surface area contributed by atoms with Crippen molar-refractivity contribution in [1.82, 2.24) is 20.1 Å². The van der Waals surface area contributed by atoms with Gasteiger partial charge in [0.25, 0.3) is 0 Å². The lowest BCUT2D eigenvalue weighted by Gasteiger charge is -2.16. The van der Waals surface area contributed by atoms with Crippen molar-refractivity contribution in [2.45, 2.75) is 19.3 Å². The Morgan fingerprint density at radius 3 is 3.04 bits per heavy atom. The molecule has 1 atom stereocenters. The molecule has 0 spiro atoms. The lowest BCUT2D eigenvalue weighted by atomic mass is 10.0. The van der Waals surface area contributed by atoms with E-state index in [1.165, 1.54) is 4.90 Å². The van der Waals surface area contributed by atoms with Crippen LogP contribution in [0, 0.1) is 5.92 Å². The van der Waals surface area contributed by atoms with Crippen molar-refractivity contribution in [2.24, 2.45) is 5.92 Å². The third kappa shape index (κ3) is 3.41. The number of halogens is 1. The fourth-order valence-corrected chi connectivity index (χ4v) is 2.97. The van der Waals surface area contributed by atoms with Crippen molar-refractivity contribution in [3.63, 3.8) is 0 Å². The van der Waals surface area contributed by atoms with Gasteiger partial charge in [0.05, 0.1) is 18.1 Å². The van der Waals surface area contributed by atoms with Gasteiger partial charge in [-0.2, -0.15) is 5.10 Å². The molecule has 0 radical (unpaired) electrons. The average Bonchev–Trinajstić information content (AvgIpc) is 3.18. The minimum Gasteiger partial charge on any atom is -0.356 e. The summed E-state index contributed by atoms with van der Waals surface area (Å²) in [5.41, 5.74) is 1.29. The first-order chi connectivity index (χ1) is 11.6. The zero-order valence-corrected chi connectivity index (χ0v) is 14.0. The molecule has 126 valence electrons. The Morgan fingerprint density at radius 1 is 1.54 bits per heavy atom. The van der Waals surface area contributed by atoms with Crippen molar-refractivity contribution in [3.05, 3.63) is 35.9 Å². The third-order valence-electron chi connectivity index (χ3n) is 4.17. The zero-order valence-electron chi connectivity index (χ0n) is 13.3. The van der Waals surface area contributed by atoms with Crippen LogP contribution in [0.5, 0.6) is 0 Å². The number of carbonyl (C=O) groups excluding carboxylic acids is 2. The molecule has 3 rings (SSSR count). The molecule has 2 aromatic rings. The van der Waals surface area contributed by atoms with E-state index in [9.17, 15) is 9.59 Å². The molecule has 3 heterocycles. The van der Waals surface area contributed by atoms with Crippen molar-refractivity contribution >= 4 is 29.1 Å². The second kappa shape index (κ2) is 7.00. The summed E-state index contributed by atoms with van der Waals surface area (Å²) in [6.07, 6.45) is 6.65. The van der Waals surface area contributed by atoms with Gasteiger partial charge in [-0.1, -0.05) is 11.6 Å². The minimum absolute atomic E-state index is 0.0351. The number of aromatic nitrogens is 3. The van der Waals surface area contributed by atoms with E-state index in [1.54, 1.807) is 36.4 Å². The van der Waals surface area contributed by atoms with Crippen LogP contribution in [0.3, 0.4) is 0 Å². The summed E-state index contributed by atoms with van der Waals surface area (Å²) in [4.78, 5) is 29.5. The number of carbonyl (C=O) groups is 2. The molecule has 24 heavy (non-hydrogen) atoms. The maximum atomic E-state index is 12.4. The number of nitrogens with one attached hydrogen (secondary N) is 1. The standard InChI is InChI=1S/C16H18ClN5O2/c1-21(14(23)5-4-11-6-8-19-16(11)24)13-10-22(20-15(13)17)12-3-2-7-18-9-12/h2-3,7,9-11H,4-6,8H2,1H3,(H,19,24). The third-order valence-corrected chi connectivity index (χ3v) is 4.44. The van der Waals surface area contributed by atoms with Gasteiger partial charge in [-0.3, -0.25) is 14.6 Å². The summed E-state index contributed by atoms with van der Waals surface area (Å²) >= 11 is 6.17. The van der Waals surface area contributed by atoms with Crippen LogP contribution in [-0.4, -0.2) is 40.2 Å². The molecule has 1 unspecified atom stereocenters. The van der Waals surface area contributed by atoms with Crippen LogP contribution in [0.25, 0.3) is 5.69 Å². The normalized spacial score (nSPS) is 16.9. The van der Waals surface area contributed by atoms with Gasteiger partial charge in [0.1, 0.15) is 5.69 Å². The summed E-state index contributed by atoms with van der Waals surface area (Å²) in [5.74, 6) is -0.133. The van der Waals surface area contributed by atoms with Crippen molar-refractivity contribution in [3.8, 4) is 5.69 Å². The first kappa shape index (κ1) is 16.4. The van der Waals surface area contributed by atoms with Gasteiger partial charge in [0, 0.05) is 32.1 Å². The molecule has 0 saturated carbocycles. The topological polar surface area (TPSA) is 80.1 Å². The Morgan fingerprint density at radius 2 is 2.38 bits per heavy atom. The maximum absolute atomic E-state index is 12.4. The first-order valence-corrected chi connectivity index (χ1v) is 8.14. The molecule has 7 nitrogen and oxygen atoms in total. The Bertz CT molecular complexity index is 746. The zero-order chi connectivity index (χ0) is 17.1. The van der Waals surface area contributed by atoms with Gasteiger partial charge < -0.3 is 10.2 Å². The van der Waals surface area contributed by atoms with Crippen molar-refractivity contribution in [2.75, 3.05) is 18.5 Å². The summed E-state index contributed by atoms with van der Waals surface area (Å²) in [6, 6.07) is 3.65. The predicted octanol–water partition coefficient (Wildman–Crippen LogP) is 1.80. The largest absolute Gasteiger partial charge is 0.356 e. The SMILES string of the molecule is CN(C(=O)CCC1CCNC1=O)c1cn(-c2cccnc2)nc1Cl. The maximum Gasteiger partial charge on any atom is 0.226 e. The number of hydrogen-bond acceptors (Lipinski definition) is 4. The smallest absolute Gasteiger partial charge is 0.226 e. The Kier molecular flexibility index (Phi) is 4.80. The van der Waals surface area contributed by atoms with Gasteiger partial charge in [0.2, 0.25) is 11.8 Å². The molecule has 0 aromatic carbocycles. The summed E-state index contributed by atoms with van der Waals surface area (Å²) < 4.78 is 1.58. The lowest BCUT2D eigenvalue weighted by molar-refractivity contribution is -0.123. The molecule has 0 aliphatic carbocycles. The fourth-order valence-electron chi connectivity index (χ4n) is 2.71. The molecule has 1 saturated heterocycles. The van der Waals surface area contributed by atoms with Crippen LogP contribution >= 0.6 is 11.6 Å². The Balaban J connectivity index is 1.68. The molecule has 1 fully saturated rings. The first-order valence-electron chi connectivity index (χ1n) is 7.76. The minimum atomic E-state index is -0.0951. The van der Waals surface area contributed by atoms with Crippen LogP contribution in [0.15, 0.2) is 30.7 Å². The molecule has 1 N–H and O–H groups in total. The number of hydrogen-bond donors (Lipinski definition) is 1. The second-order valence-corrected chi connectivity index (χ2v) is 6.09. The highest BCUT2D eigenvalue weighted by atomic mass is 35.5. The lowest BCUT2D eigenvalue weighted by Crippen LogP contribution is -2.27. The van der Waals surface area contributed by atoms with Crippen LogP contribution in [0.4, 0.5) is 5.69 Å². The Hall–Kier alpha value is -2.41. The fraction of sp³-hybridized carbons (Fsp3) is 0.375. The van der Waals surface area contributed by atoms with Gasteiger partial charge in [-0.15, -0.1) is 0 Å². The van der Waals surface area contributed by atoms with Gasteiger partial charge in [0.15, 0.2) is 5.15 Å². The number of nitrogens with zero attached hydrogens (tertiary/aromatic N) is 4. The summed E-state index contributed by atoms with van der Waals surface area (Å²) in [6.45, 7) is 0.692. The van der Waals surface area contributed by atoms with E-state index in [2.05, 4.69) is 15.4 Å². The van der Waals surface area contributed by atoms with Crippen molar-refractivity contribution in [1.29, 1.82) is 0 Å². The highest BCUT2D eigenvalue weighted by Crippen LogP contribution is 2.26. The number of pyridine rings is 1. The summed E-state index contributed by atoms with van der Waals surface area (Å²) in [5, 5.41) is 7.24. The van der Waals surface area contributed by atoms with Gasteiger partial charge >= 0.3 is 0 Å².